The topological polar surface area (TPSA) is 25.8 Å². The molecule has 0 spiro atoms. The van der Waals surface area contributed by atoms with Gasteiger partial charge in [0, 0.05) is 24.9 Å². The Morgan fingerprint density at radius 2 is 0.921 bits per heavy atom. The van der Waals surface area contributed by atoms with Gasteiger partial charge in [0.1, 0.15) is 0 Å². The third-order valence-corrected chi connectivity index (χ3v) is 13.3. The van der Waals surface area contributed by atoms with Crippen molar-refractivity contribution in [2.75, 3.05) is 0 Å². The summed E-state index contributed by atoms with van der Waals surface area (Å²) in [5, 5.41) is 2.93. The molecule has 2 aromatic heterocycles. The van der Waals surface area contributed by atoms with E-state index in [9.17, 15) is 0 Å². The van der Waals surface area contributed by atoms with Gasteiger partial charge in [0.2, 0.25) is 0 Å². The largest absolute Gasteiger partial charge is 0.248 e. The maximum atomic E-state index is 5.19. The Kier molecular flexibility index (Phi) is 7.68. The van der Waals surface area contributed by atoms with Gasteiger partial charge in [0.05, 0.1) is 21.9 Å². The highest BCUT2D eigenvalue weighted by atomic mass is 31.1. The molecule has 0 N–H and O–H groups in total. The highest BCUT2D eigenvalue weighted by Crippen LogP contribution is 2.61. The maximum absolute atomic E-state index is 5.19. The van der Waals surface area contributed by atoms with Crippen LogP contribution in [0.1, 0.15) is 52.7 Å². The van der Waals surface area contributed by atoms with Crippen molar-refractivity contribution in [3.8, 4) is 0 Å². The first-order valence-electron chi connectivity index (χ1n) is 13.4. The van der Waals surface area contributed by atoms with Crippen LogP contribution in [0.2, 0.25) is 0 Å². The molecule has 0 atom stereocenters. The molecule has 2 nitrogen and oxygen atoms in total. The molecule has 0 bridgehead atoms. The first-order valence-corrected chi connectivity index (χ1v) is 16.5. The summed E-state index contributed by atoms with van der Waals surface area (Å²) in [6.07, 6.45) is 2.08. The van der Waals surface area contributed by atoms with Gasteiger partial charge in [-0.25, -0.2) is 9.97 Å². The third kappa shape index (κ3) is 5.98. The van der Waals surface area contributed by atoms with E-state index in [0.717, 1.165) is 34.2 Å². The van der Waals surface area contributed by atoms with Crippen molar-refractivity contribution >= 4 is 48.5 Å². The van der Waals surface area contributed by atoms with Gasteiger partial charge in [-0.1, -0.05) is 122 Å². The minimum Gasteiger partial charge on any atom is -0.248 e. The van der Waals surface area contributed by atoms with E-state index in [4.69, 9.17) is 9.97 Å². The van der Waals surface area contributed by atoms with E-state index < -0.39 is 7.92 Å². The van der Waals surface area contributed by atoms with Crippen LogP contribution in [0.4, 0.5) is 0 Å². The van der Waals surface area contributed by atoms with E-state index in [1.165, 1.54) is 21.9 Å². The molecule has 0 radical (unpaired) electrons. The summed E-state index contributed by atoms with van der Waals surface area (Å²) in [6, 6.07) is 34.8. The first kappa shape index (κ1) is 26.9. The monoisotopic (exact) mass is 536 g/mol. The van der Waals surface area contributed by atoms with Crippen molar-refractivity contribution in [3.05, 3.63) is 108 Å². The highest BCUT2D eigenvalue weighted by Gasteiger charge is 2.34. The second-order valence-electron chi connectivity index (χ2n) is 12.0. The smallest absolute Gasteiger partial charge is 0.0709 e. The molecule has 5 rings (SSSR count). The fourth-order valence-electron chi connectivity index (χ4n) is 5.38. The molecule has 0 unspecified atom stereocenters. The van der Waals surface area contributed by atoms with Crippen molar-refractivity contribution in [2.24, 2.45) is 0 Å². The van der Waals surface area contributed by atoms with Crippen LogP contribution in [-0.2, 0) is 12.3 Å². The molecular formula is C34H38N2P2. The van der Waals surface area contributed by atoms with Gasteiger partial charge in [-0.05, 0) is 51.9 Å². The molecule has 3 aromatic carbocycles. The van der Waals surface area contributed by atoms with Crippen LogP contribution >= 0.6 is 15.8 Å². The van der Waals surface area contributed by atoms with Crippen LogP contribution in [0.5, 0.6) is 0 Å². The van der Waals surface area contributed by atoms with Gasteiger partial charge in [0.25, 0.3) is 0 Å². The number of hydrogen-bond donors (Lipinski definition) is 0. The fraction of sp³-hybridized carbons (Fsp3) is 0.294. The molecule has 4 heteroatoms. The van der Waals surface area contributed by atoms with Crippen molar-refractivity contribution in [2.45, 2.75) is 64.2 Å². The Morgan fingerprint density at radius 1 is 0.500 bits per heavy atom. The van der Waals surface area contributed by atoms with Gasteiger partial charge < -0.3 is 0 Å². The van der Waals surface area contributed by atoms with Gasteiger partial charge in [-0.3, -0.25) is 0 Å². The SMILES string of the molecule is CC(C)(C)P(Cc1ccccc1CP(c1ccc2ccccc2n1)c1ccc2ccccc2n1)C(C)(C)C. The number of para-hydroxylation sites is 2. The summed E-state index contributed by atoms with van der Waals surface area (Å²) in [5.74, 6) is 0. The normalized spacial score (nSPS) is 12.6. The molecular weight excluding hydrogens is 498 g/mol. The second-order valence-corrected chi connectivity index (χ2v) is 18.0. The van der Waals surface area contributed by atoms with Gasteiger partial charge in [-0.2, -0.15) is 0 Å². The minimum atomic E-state index is -0.786. The molecule has 2 heterocycles. The number of benzene rings is 3. The zero-order valence-corrected chi connectivity index (χ0v) is 25.2. The standard InChI is InChI=1S/C34H38N2P2/c1-33(2,3)38(34(4,5)6)24-28-16-8-7-15-27(28)23-37(31-21-19-25-13-9-11-17-29(25)35-31)32-22-20-26-14-10-12-18-30(26)36-32/h7-22H,23-24H2,1-6H3. The Bertz CT molecular complexity index is 1470. The average Bonchev–Trinajstić information content (AvgIpc) is 2.89. The Balaban J connectivity index is 1.59. The lowest BCUT2D eigenvalue weighted by molar-refractivity contribution is 0.702. The van der Waals surface area contributed by atoms with Crippen LogP contribution in [-0.4, -0.2) is 20.3 Å². The van der Waals surface area contributed by atoms with Crippen molar-refractivity contribution in [1.82, 2.24) is 9.97 Å². The molecule has 0 aliphatic rings. The number of aromatic nitrogens is 2. The molecule has 5 aromatic rings. The average molecular weight is 537 g/mol. The summed E-state index contributed by atoms with van der Waals surface area (Å²) in [6.45, 7) is 14.5. The Morgan fingerprint density at radius 3 is 1.39 bits per heavy atom. The molecule has 0 fully saturated rings. The van der Waals surface area contributed by atoms with Crippen molar-refractivity contribution in [3.63, 3.8) is 0 Å². The van der Waals surface area contributed by atoms with Crippen LogP contribution in [0, 0.1) is 0 Å². The summed E-state index contributed by atoms with van der Waals surface area (Å²) < 4.78 is 0. The van der Waals surface area contributed by atoms with E-state index in [1.807, 2.05) is 0 Å². The number of nitrogens with zero attached hydrogens (tertiary/aromatic N) is 2. The van der Waals surface area contributed by atoms with E-state index in [-0.39, 0.29) is 18.2 Å². The van der Waals surface area contributed by atoms with Crippen molar-refractivity contribution in [1.29, 1.82) is 0 Å². The predicted molar refractivity (Wildman–Crippen MR) is 170 cm³/mol. The number of rotatable bonds is 6. The van der Waals surface area contributed by atoms with Crippen LogP contribution in [0.3, 0.4) is 0 Å². The molecule has 38 heavy (non-hydrogen) atoms. The van der Waals surface area contributed by atoms with Gasteiger partial charge in [-0.15, -0.1) is 0 Å². The van der Waals surface area contributed by atoms with E-state index in [0.29, 0.717) is 0 Å². The second kappa shape index (κ2) is 10.8. The quantitative estimate of drug-likeness (QED) is 0.202. The highest BCUT2D eigenvalue weighted by molar-refractivity contribution is 7.71. The van der Waals surface area contributed by atoms with Gasteiger partial charge in [0.15, 0.2) is 0 Å². The zero-order chi connectivity index (χ0) is 26.9. The van der Waals surface area contributed by atoms with Crippen LogP contribution in [0.15, 0.2) is 97.1 Å². The van der Waals surface area contributed by atoms with E-state index >= 15 is 0 Å². The molecule has 0 aliphatic carbocycles. The summed E-state index contributed by atoms with van der Waals surface area (Å²) in [4.78, 5) is 10.4. The molecule has 0 saturated heterocycles. The summed E-state index contributed by atoms with van der Waals surface area (Å²) >= 11 is 0. The molecule has 0 aliphatic heterocycles. The van der Waals surface area contributed by atoms with Crippen LogP contribution < -0.4 is 10.9 Å². The van der Waals surface area contributed by atoms with E-state index in [1.54, 1.807) is 0 Å². The molecule has 194 valence electrons. The lowest BCUT2D eigenvalue weighted by atomic mass is 10.1. The Labute approximate surface area is 230 Å². The predicted octanol–water partition coefficient (Wildman–Crippen LogP) is 8.99. The van der Waals surface area contributed by atoms with Crippen LogP contribution in [0.25, 0.3) is 21.8 Å². The van der Waals surface area contributed by atoms with Crippen molar-refractivity contribution < 1.29 is 0 Å². The lowest BCUT2D eigenvalue weighted by Crippen LogP contribution is -2.26. The third-order valence-electron chi connectivity index (χ3n) is 7.12. The van der Waals surface area contributed by atoms with E-state index in [2.05, 4.69) is 139 Å². The number of pyridine rings is 2. The lowest BCUT2D eigenvalue weighted by Gasteiger charge is -2.42. The Hall–Kier alpha value is -2.66. The first-order chi connectivity index (χ1) is 18.1. The molecule has 0 amide bonds. The number of hydrogen-bond acceptors (Lipinski definition) is 2. The molecule has 0 saturated carbocycles. The summed E-state index contributed by atoms with van der Waals surface area (Å²) in [5.41, 5.74) is 7.31. The fourth-order valence-corrected chi connectivity index (χ4v) is 11.2. The maximum Gasteiger partial charge on any atom is 0.0709 e. The zero-order valence-electron chi connectivity index (χ0n) is 23.4. The minimum absolute atomic E-state index is 0.240. The summed E-state index contributed by atoms with van der Waals surface area (Å²) in [7, 11) is -1.03. The van der Waals surface area contributed by atoms with Gasteiger partial charge >= 0.3 is 0 Å². The number of fused-ring (bicyclic) bond motifs is 2.